The molecule has 3 heteroatoms. The Bertz CT molecular complexity index is 152. The molecule has 0 aliphatic carbocycles. The SMILES string of the molecule is CCCC(CC)(CC)C(CO)(CO)CO. The molecular weight excluding hydrogens is 192 g/mol. The second-order valence-electron chi connectivity index (χ2n) is 4.49. The molecule has 0 aliphatic heterocycles. The number of hydrogen-bond acceptors (Lipinski definition) is 3. The minimum atomic E-state index is -0.744. The summed E-state index contributed by atoms with van der Waals surface area (Å²) >= 11 is 0. The molecule has 0 amide bonds. The first-order valence-electron chi connectivity index (χ1n) is 5.94. The van der Waals surface area contributed by atoms with Gasteiger partial charge < -0.3 is 15.3 Å². The van der Waals surface area contributed by atoms with E-state index in [1.165, 1.54) is 0 Å². The number of aliphatic hydroxyl groups excluding tert-OH is 3. The summed E-state index contributed by atoms with van der Waals surface area (Å²) < 4.78 is 0. The van der Waals surface area contributed by atoms with Crippen LogP contribution in [0.25, 0.3) is 0 Å². The second-order valence-corrected chi connectivity index (χ2v) is 4.49. The summed E-state index contributed by atoms with van der Waals surface area (Å²) in [7, 11) is 0. The van der Waals surface area contributed by atoms with Gasteiger partial charge in [0.2, 0.25) is 0 Å². The average Bonchev–Trinajstić information content (AvgIpc) is 2.30. The summed E-state index contributed by atoms with van der Waals surface area (Å²) in [5, 5.41) is 28.4. The lowest BCUT2D eigenvalue weighted by molar-refractivity contribution is -0.103. The standard InChI is InChI=1S/C12H26O3/c1-4-7-11(5-2,6-3)12(8-13,9-14)10-15/h13-15H,4-10H2,1-3H3. The number of rotatable bonds is 8. The molecule has 0 saturated carbocycles. The van der Waals surface area contributed by atoms with Gasteiger partial charge in [-0.1, -0.05) is 27.2 Å². The van der Waals surface area contributed by atoms with Crippen molar-refractivity contribution >= 4 is 0 Å². The minimum absolute atomic E-state index is 0.151. The summed E-state index contributed by atoms with van der Waals surface area (Å²) in [5.74, 6) is 0. The molecule has 0 aliphatic rings. The van der Waals surface area contributed by atoms with Crippen molar-refractivity contribution in [3.8, 4) is 0 Å². The van der Waals surface area contributed by atoms with Crippen molar-refractivity contribution in [1.82, 2.24) is 0 Å². The van der Waals surface area contributed by atoms with Gasteiger partial charge in [-0.25, -0.2) is 0 Å². The van der Waals surface area contributed by atoms with Gasteiger partial charge >= 0.3 is 0 Å². The van der Waals surface area contributed by atoms with Gasteiger partial charge in [0.05, 0.1) is 19.8 Å². The van der Waals surface area contributed by atoms with Crippen molar-refractivity contribution in [3.05, 3.63) is 0 Å². The van der Waals surface area contributed by atoms with Crippen molar-refractivity contribution in [1.29, 1.82) is 0 Å². The van der Waals surface area contributed by atoms with Gasteiger partial charge in [-0.2, -0.15) is 0 Å². The first kappa shape index (κ1) is 14.9. The van der Waals surface area contributed by atoms with Gasteiger partial charge in [-0.15, -0.1) is 0 Å². The van der Waals surface area contributed by atoms with Gasteiger partial charge in [-0.3, -0.25) is 0 Å². The predicted molar refractivity (Wildman–Crippen MR) is 61.6 cm³/mol. The monoisotopic (exact) mass is 218 g/mol. The summed E-state index contributed by atoms with van der Waals surface area (Å²) in [5.41, 5.74) is -0.896. The van der Waals surface area contributed by atoms with Gasteiger partial charge in [0.15, 0.2) is 0 Å². The third-order valence-electron chi connectivity index (χ3n) is 4.12. The summed E-state index contributed by atoms with van der Waals surface area (Å²) in [4.78, 5) is 0. The average molecular weight is 218 g/mol. The van der Waals surface area contributed by atoms with Crippen LogP contribution in [0.3, 0.4) is 0 Å². The first-order valence-corrected chi connectivity index (χ1v) is 5.94. The lowest BCUT2D eigenvalue weighted by atomic mass is 9.59. The van der Waals surface area contributed by atoms with Gasteiger partial charge in [0, 0.05) is 5.41 Å². The Morgan fingerprint density at radius 1 is 0.733 bits per heavy atom. The predicted octanol–water partition coefficient (Wildman–Crippen LogP) is 1.56. The van der Waals surface area contributed by atoms with Crippen LogP contribution in [0.2, 0.25) is 0 Å². The van der Waals surface area contributed by atoms with E-state index >= 15 is 0 Å². The third-order valence-corrected chi connectivity index (χ3v) is 4.12. The van der Waals surface area contributed by atoms with Crippen LogP contribution in [0, 0.1) is 10.8 Å². The summed E-state index contributed by atoms with van der Waals surface area (Å²) in [6.45, 7) is 5.77. The molecule has 0 heterocycles. The van der Waals surface area contributed by atoms with Crippen molar-refractivity contribution < 1.29 is 15.3 Å². The Morgan fingerprint density at radius 3 is 1.33 bits per heavy atom. The van der Waals surface area contributed by atoms with Crippen molar-refractivity contribution in [2.24, 2.45) is 10.8 Å². The largest absolute Gasteiger partial charge is 0.396 e. The molecular formula is C12H26O3. The summed E-state index contributed by atoms with van der Waals surface area (Å²) in [6, 6.07) is 0. The number of hydrogen-bond donors (Lipinski definition) is 3. The normalized spacial score (nSPS) is 13.2. The highest BCUT2D eigenvalue weighted by atomic mass is 16.3. The van der Waals surface area contributed by atoms with E-state index in [2.05, 4.69) is 20.8 Å². The smallest absolute Gasteiger partial charge is 0.0536 e. The van der Waals surface area contributed by atoms with Gasteiger partial charge in [0.1, 0.15) is 0 Å². The van der Waals surface area contributed by atoms with Crippen LogP contribution in [0.5, 0.6) is 0 Å². The Morgan fingerprint density at radius 2 is 1.13 bits per heavy atom. The Hall–Kier alpha value is -0.120. The maximum Gasteiger partial charge on any atom is 0.0536 e. The molecule has 0 saturated heterocycles. The lowest BCUT2D eigenvalue weighted by Crippen LogP contribution is -2.49. The van der Waals surface area contributed by atoms with Crippen molar-refractivity contribution in [2.45, 2.75) is 46.5 Å². The van der Waals surface area contributed by atoms with Crippen molar-refractivity contribution in [3.63, 3.8) is 0 Å². The molecule has 0 aromatic carbocycles. The fourth-order valence-corrected chi connectivity index (χ4v) is 2.75. The van der Waals surface area contributed by atoms with E-state index in [0.29, 0.717) is 0 Å². The van der Waals surface area contributed by atoms with Crippen LogP contribution in [0.15, 0.2) is 0 Å². The Kier molecular flexibility index (Phi) is 6.41. The highest BCUT2D eigenvalue weighted by Crippen LogP contribution is 2.48. The molecule has 0 spiro atoms. The van der Waals surface area contributed by atoms with E-state index < -0.39 is 5.41 Å². The molecule has 3 N–H and O–H groups in total. The van der Waals surface area contributed by atoms with E-state index in [4.69, 9.17) is 0 Å². The van der Waals surface area contributed by atoms with E-state index in [-0.39, 0.29) is 25.2 Å². The Labute approximate surface area is 93.1 Å². The third kappa shape index (κ3) is 2.52. The first-order chi connectivity index (χ1) is 7.11. The minimum Gasteiger partial charge on any atom is -0.396 e. The Balaban J connectivity index is 5.13. The molecule has 3 nitrogen and oxygen atoms in total. The van der Waals surface area contributed by atoms with Crippen LogP contribution >= 0.6 is 0 Å². The highest BCUT2D eigenvalue weighted by Gasteiger charge is 2.47. The molecule has 0 aromatic heterocycles. The van der Waals surface area contributed by atoms with Crippen LogP contribution in [0.1, 0.15) is 46.5 Å². The maximum atomic E-state index is 9.48. The van der Waals surface area contributed by atoms with Gasteiger partial charge in [-0.05, 0) is 24.7 Å². The highest BCUT2D eigenvalue weighted by molar-refractivity contribution is 4.96. The second kappa shape index (κ2) is 6.46. The molecule has 0 fully saturated rings. The van der Waals surface area contributed by atoms with Crippen LogP contribution in [0.4, 0.5) is 0 Å². The van der Waals surface area contributed by atoms with E-state index in [1.54, 1.807) is 0 Å². The van der Waals surface area contributed by atoms with E-state index in [0.717, 1.165) is 25.7 Å². The molecule has 0 rings (SSSR count). The molecule has 0 bridgehead atoms. The number of aliphatic hydroxyl groups is 3. The summed E-state index contributed by atoms with van der Waals surface area (Å²) in [6.07, 6.45) is 3.68. The molecule has 0 atom stereocenters. The topological polar surface area (TPSA) is 60.7 Å². The van der Waals surface area contributed by atoms with Crippen LogP contribution < -0.4 is 0 Å². The van der Waals surface area contributed by atoms with E-state index in [1.807, 2.05) is 0 Å². The van der Waals surface area contributed by atoms with Crippen molar-refractivity contribution in [2.75, 3.05) is 19.8 Å². The molecule has 0 aromatic rings. The van der Waals surface area contributed by atoms with Crippen LogP contribution in [-0.2, 0) is 0 Å². The lowest BCUT2D eigenvalue weighted by Gasteiger charge is -2.47. The maximum absolute atomic E-state index is 9.48. The zero-order valence-electron chi connectivity index (χ0n) is 10.3. The zero-order chi connectivity index (χ0) is 11.9. The molecule has 0 radical (unpaired) electrons. The fourth-order valence-electron chi connectivity index (χ4n) is 2.75. The molecule has 15 heavy (non-hydrogen) atoms. The molecule has 92 valence electrons. The zero-order valence-corrected chi connectivity index (χ0v) is 10.3. The van der Waals surface area contributed by atoms with Gasteiger partial charge in [0.25, 0.3) is 0 Å². The fraction of sp³-hybridized carbons (Fsp3) is 1.00. The van der Waals surface area contributed by atoms with E-state index in [9.17, 15) is 15.3 Å². The van der Waals surface area contributed by atoms with Crippen LogP contribution in [-0.4, -0.2) is 35.1 Å². The molecule has 0 unspecified atom stereocenters. The quantitative estimate of drug-likeness (QED) is 0.579.